The van der Waals surface area contributed by atoms with E-state index in [0.29, 0.717) is 13.3 Å². The van der Waals surface area contributed by atoms with Gasteiger partial charge in [-0.05, 0) is 25.1 Å². The van der Waals surface area contributed by atoms with Crippen LogP contribution in [0.3, 0.4) is 0 Å². The Balaban J connectivity index is 2.03. The lowest BCUT2D eigenvalue weighted by molar-refractivity contribution is 0.117. The van der Waals surface area contributed by atoms with Crippen molar-refractivity contribution in [3.8, 4) is 0 Å². The van der Waals surface area contributed by atoms with Crippen molar-refractivity contribution in [3.05, 3.63) is 59.7 Å². The first kappa shape index (κ1) is 10.4. The molecule has 1 aliphatic rings. The maximum absolute atomic E-state index is 5.62. The molecule has 0 bridgehead atoms. The summed E-state index contributed by atoms with van der Waals surface area (Å²) in [4.78, 5) is 2.21. The summed E-state index contributed by atoms with van der Waals surface area (Å²) < 4.78 is 5.62. The Kier molecular flexibility index (Phi) is 2.57. The normalized spacial score (nSPS) is 14.5. The molecular weight excluding hydrogens is 210 g/mol. The van der Waals surface area contributed by atoms with Crippen molar-refractivity contribution in [2.45, 2.75) is 13.5 Å². The minimum absolute atomic E-state index is 0.625. The molecule has 0 saturated heterocycles. The summed E-state index contributed by atoms with van der Waals surface area (Å²) in [6.07, 6.45) is 0. The zero-order valence-corrected chi connectivity index (χ0v) is 9.89. The molecule has 0 N–H and O–H groups in total. The number of hydrogen-bond acceptors (Lipinski definition) is 2. The lowest BCUT2D eigenvalue weighted by atomic mass is 10.1. The predicted molar refractivity (Wildman–Crippen MR) is 69.4 cm³/mol. The molecule has 0 aliphatic carbocycles. The van der Waals surface area contributed by atoms with E-state index in [1.807, 2.05) is 0 Å². The van der Waals surface area contributed by atoms with Gasteiger partial charge in [-0.15, -0.1) is 0 Å². The number of ether oxygens (including phenoxy) is 1. The van der Waals surface area contributed by atoms with Crippen LogP contribution >= 0.6 is 0 Å². The van der Waals surface area contributed by atoms with E-state index < -0.39 is 0 Å². The number of benzene rings is 2. The number of anilines is 2. The van der Waals surface area contributed by atoms with Gasteiger partial charge in [0.15, 0.2) is 0 Å². The Morgan fingerprint density at radius 2 is 1.76 bits per heavy atom. The van der Waals surface area contributed by atoms with E-state index >= 15 is 0 Å². The third kappa shape index (κ3) is 1.92. The molecule has 0 amide bonds. The number of nitrogens with zero attached hydrogens (tertiary/aromatic N) is 1. The second-order valence-electron chi connectivity index (χ2n) is 4.37. The zero-order valence-electron chi connectivity index (χ0n) is 9.89. The van der Waals surface area contributed by atoms with Gasteiger partial charge in [-0.25, -0.2) is 0 Å². The first-order valence-electron chi connectivity index (χ1n) is 5.84. The highest BCUT2D eigenvalue weighted by molar-refractivity contribution is 5.67. The Bertz CT molecular complexity index is 519. The molecule has 0 spiro atoms. The van der Waals surface area contributed by atoms with Crippen molar-refractivity contribution in [1.29, 1.82) is 0 Å². The molecule has 0 saturated carbocycles. The van der Waals surface area contributed by atoms with Gasteiger partial charge < -0.3 is 9.64 Å². The number of hydrogen-bond donors (Lipinski definition) is 0. The zero-order chi connectivity index (χ0) is 11.7. The van der Waals surface area contributed by atoms with Gasteiger partial charge in [-0.3, -0.25) is 0 Å². The van der Waals surface area contributed by atoms with Crippen LogP contribution in [0.25, 0.3) is 0 Å². The summed E-state index contributed by atoms with van der Waals surface area (Å²) in [6.45, 7) is 3.43. The molecule has 1 aliphatic heterocycles. The van der Waals surface area contributed by atoms with Crippen LogP contribution in [-0.4, -0.2) is 6.73 Å². The Morgan fingerprint density at radius 3 is 2.59 bits per heavy atom. The van der Waals surface area contributed by atoms with Crippen molar-refractivity contribution < 1.29 is 4.74 Å². The standard InChI is InChI=1S/C15H15NO/c1-12-6-8-14(9-7-12)16-11-17-10-13-4-2-3-5-15(13)16/h2-9H,10-11H2,1H3. The average Bonchev–Trinajstić information content (AvgIpc) is 2.39. The van der Waals surface area contributed by atoms with Gasteiger partial charge >= 0.3 is 0 Å². The molecule has 17 heavy (non-hydrogen) atoms. The number of para-hydroxylation sites is 1. The fourth-order valence-corrected chi connectivity index (χ4v) is 2.15. The highest BCUT2D eigenvalue weighted by atomic mass is 16.5. The molecule has 3 rings (SSSR count). The van der Waals surface area contributed by atoms with E-state index in [1.165, 1.54) is 22.5 Å². The van der Waals surface area contributed by atoms with Gasteiger partial charge in [0, 0.05) is 16.9 Å². The topological polar surface area (TPSA) is 12.5 Å². The Hall–Kier alpha value is -1.80. The highest BCUT2D eigenvalue weighted by Crippen LogP contribution is 2.32. The van der Waals surface area contributed by atoms with Crippen LogP contribution in [0.5, 0.6) is 0 Å². The molecule has 2 nitrogen and oxygen atoms in total. The van der Waals surface area contributed by atoms with E-state index in [2.05, 4.69) is 60.4 Å². The number of rotatable bonds is 1. The molecular formula is C15H15NO. The third-order valence-corrected chi connectivity index (χ3v) is 3.11. The average molecular weight is 225 g/mol. The quantitative estimate of drug-likeness (QED) is 0.735. The lowest BCUT2D eigenvalue weighted by Crippen LogP contribution is -2.26. The van der Waals surface area contributed by atoms with Gasteiger partial charge in [0.25, 0.3) is 0 Å². The van der Waals surface area contributed by atoms with E-state index in [4.69, 9.17) is 4.74 Å². The smallest absolute Gasteiger partial charge is 0.123 e. The van der Waals surface area contributed by atoms with Crippen molar-refractivity contribution in [1.82, 2.24) is 0 Å². The van der Waals surface area contributed by atoms with Crippen molar-refractivity contribution in [3.63, 3.8) is 0 Å². The van der Waals surface area contributed by atoms with Crippen molar-refractivity contribution >= 4 is 11.4 Å². The van der Waals surface area contributed by atoms with Gasteiger partial charge in [-0.1, -0.05) is 35.9 Å². The maximum Gasteiger partial charge on any atom is 0.123 e. The molecule has 2 heteroatoms. The van der Waals surface area contributed by atoms with Crippen LogP contribution < -0.4 is 4.90 Å². The second-order valence-corrected chi connectivity index (χ2v) is 4.37. The van der Waals surface area contributed by atoms with Crippen LogP contribution in [0.4, 0.5) is 11.4 Å². The molecule has 0 atom stereocenters. The summed E-state index contributed by atoms with van der Waals surface area (Å²) in [5, 5.41) is 0. The van der Waals surface area contributed by atoms with E-state index in [1.54, 1.807) is 0 Å². The Labute approximate surface area is 101 Å². The van der Waals surface area contributed by atoms with E-state index in [0.717, 1.165) is 0 Å². The van der Waals surface area contributed by atoms with Gasteiger partial charge in [-0.2, -0.15) is 0 Å². The van der Waals surface area contributed by atoms with Crippen LogP contribution in [0.2, 0.25) is 0 Å². The van der Waals surface area contributed by atoms with E-state index in [-0.39, 0.29) is 0 Å². The summed E-state index contributed by atoms with van der Waals surface area (Å²) in [5.74, 6) is 0. The first-order valence-corrected chi connectivity index (χ1v) is 5.84. The first-order chi connectivity index (χ1) is 8.34. The highest BCUT2D eigenvalue weighted by Gasteiger charge is 2.17. The van der Waals surface area contributed by atoms with Crippen LogP contribution in [0, 0.1) is 6.92 Å². The predicted octanol–water partition coefficient (Wildman–Crippen LogP) is 3.62. The molecule has 0 fully saturated rings. The second kappa shape index (κ2) is 4.22. The molecule has 86 valence electrons. The van der Waals surface area contributed by atoms with Crippen LogP contribution in [-0.2, 0) is 11.3 Å². The largest absolute Gasteiger partial charge is 0.356 e. The lowest BCUT2D eigenvalue weighted by Gasteiger charge is -2.31. The summed E-state index contributed by atoms with van der Waals surface area (Å²) in [7, 11) is 0. The summed E-state index contributed by atoms with van der Waals surface area (Å²) in [5.41, 5.74) is 4.96. The fraction of sp³-hybridized carbons (Fsp3) is 0.200. The van der Waals surface area contributed by atoms with Crippen molar-refractivity contribution in [2.24, 2.45) is 0 Å². The monoisotopic (exact) mass is 225 g/mol. The summed E-state index contributed by atoms with van der Waals surface area (Å²) in [6, 6.07) is 16.9. The molecule has 2 aromatic carbocycles. The fourth-order valence-electron chi connectivity index (χ4n) is 2.15. The SMILES string of the molecule is Cc1ccc(N2COCc3ccccc32)cc1. The number of fused-ring (bicyclic) bond motifs is 1. The minimum atomic E-state index is 0.625. The van der Waals surface area contributed by atoms with Gasteiger partial charge in [0.05, 0.1) is 6.61 Å². The Morgan fingerprint density at radius 1 is 1.00 bits per heavy atom. The molecule has 0 aromatic heterocycles. The van der Waals surface area contributed by atoms with Crippen LogP contribution in [0.15, 0.2) is 48.5 Å². The molecule has 0 radical (unpaired) electrons. The van der Waals surface area contributed by atoms with Crippen LogP contribution in [0.1, 0.15) is 11.1 Å². The van der Waals surface area contributed by atoms with Gasteiger partial charge in [0.1, 0.15) is 6.73 Å². The maximum atomic E-state index is 5.62. The van der Waals surface area contributed by atoms with E-state index in [9.17, 15) is 0 Å². The molecule has 2 aromatic rings. The van der Waals surface area contributed by atoms with Gasteiger partial charge in [0.2, 0.25) is 0 Å². The molecule has 1 heterocycles. The summed E-state index contributed by atoms with van der Waals surface area (Å²) >= 11 is 0. The third-order valence-electron chi connectivity index (χ3n) is 3.11. The minimum Gasteiger partial charge on any atom is -0.356 e. The molecule has 0 unspecified atom stereocenters. The number of aryl methyl sites for hydroxylation is 1. The van der Waals surface area contributed by atoms with Crippen molar-refractivity contribution in [2.75, 3.05) is 11.6 Å².